The highest BCUT2D eigenvalue weighted by Gasteiger charge is 2.57. The molecule has 34 heteroatoms. The highest BCUT2D eigenvalue weighted by Crippen LogP contribution is 2.37. The molecule has 5 aliphatic rings. The zero-order valence-corrected chi connectivity index (χ0v) is 40.0. The molecule has 34 nitrogen and oxygen atoms in total. The number of H-pyrrole nitrogens is 1. The van der Waals surface area contributed by atoms with Crippen molar-refractivity contribution in [3.8, 4) is 0 Å². The van der Waals surface area contributed by atoms with E-state index in [1.165, 1.54) is 18.2 Å². The van der Waals surface area contributed by atoms with Crippen molar-refractivity contribution in [3.63, 3.8) is 0 Å². The van der Waals surface area contributed by atoms with Crippen molar-refractivity contribution in [1.29, 1.82) is 0 Å². The first-order valence-electron chi connectivity index (χ1n) is 24.0. The summed E-state index contributed by atoms with van der Waals surface area (Å²) in [7, 11) is 0. The third-order valence-corrected chi connectivity index (χ3v) is 13.8. The van der Waals surface area contributed by atoms with E-state index < -0.39 is 224 Å². The van der Waals surface area contributed by atoms with Crippen LogP contribution in [0.25, 0.3) is 11.0 Å². The lowest BCUT2D eigenvalue weighted by Crippen LogP contribution is -2.68. The number of aliphatic hydroxyl groups excluding tert-OH is 20. The molecular weight excluding hydrogens is 1060 g/mol. The minimum Gasteiger partial charge on any atom is -0.478 e. The summed E-state index contributed by atoms with van der Waals surface area (Å²) in [4.78, 5) is 18.1. The molecule has 7 rings (SSSR count). The maximum Gasteiger partial charge on any atom is 0.335 e. The van der Waals surface area contributed by atoms with Crippen LogP contribution >= 0.6 is 0 Å². The van der Waals surface area contributed by atoms with Crippen LogP contribution in [-0.4, -0.2) is 335 Å². The van der Waals surface area contributed by atoms with Crippen molar-refractivity contribution in [2.24, 2.45) is 0 Å². The number of carboxylic acid groups (broad SMARTS) is 1. The average Bonchev–Trinajstić information content (AvgIpc) is 3.87. The maximum atomic E-state index is 11.4. The molecule has 0 spiro atoms. The number of hydrogen-bond acceptors (Lipinski definition) is 32. The Labute approximate surface area is 433 Å². The summed E-state index contributed by atoms with van der Waals surface area (Å²) in [5.41, 5.74) is 0.141. The van der Waals surface area contributed by atoms with Crippen LogP contribution < -0.4 is 0 Å². The lowest BCUT2D eigenvalue weighted by atomic mass is 9.95. The zero-order chi connectivity index (χ0) is 56.5. The topological polar surface area (TPSA) is 563 Å². The Morgan fingerprint density at radius 1 is 0.506 bits per heavy atom. The van der Waals surface area contributed by atoms with E-state index in [2.05, 4.69) is 9.97 Å². The molecule has 22 N–H and O–H groups in total. The van der Waals surface area contributed by atoms with Gasteiger partial charge in [0.25, 0.3) is 0 Å². The first-order chi connectivity index (χ1) is 36.5. The molecule has 6 heterocycles. The van der Waals surface area contributed by atoms with E-state index >= 15 is 0 Å². The van der Waals surface area contributed by atoms with Crippen molar-refractivity contribution in [3.05, 3.63) is 29.6 Å². The highest BCUT2D eigenvalue weighted by atomic mass is 16.8. The van der Waals surface area contributed by atoms with Gasteiger partial charge in [0, 0.05) is 0 Å². The molecular formula is C43H66N2O32. The number of ether oxygens (including phenoxy) is 10. The van der Waals surface area contributed by atoms with Crippen LogP contribution in [0.3, 0.4) is 0 Å². The lowest BCUT2D eigenvalue weighted by molar-refractivity contribution is -0.394. The minimum atomic E-state index is -2.23. The number of aliphatic hydroxyl groups is 20. The molecule has 5 aliphatic heterocycles. The second kappa shape index (κ2) is 26.3. The largest absolute Gasteiger partial charge is 0.478 e. The van der Waals surface area contributed by atoms with E-state index in [9.17, 15) is 112 Å². The quantitative estimate of drug-likeness (QED) is 0.0552. The summed E-state index contributed by atoms with van der Waals surface area (Å²) in [5, 5.41) is 223. The number of carbonyl (C=O) groups is 1. The number of aromatic carboxylic acids is 1. The van der Waals surface area contributed by atoms with Gasteiger partial charge in [-0.3, -0.25) is 0 Å². The van der Waals surface area contributed by atoms with Crippen molar-refractivity contribution in [2.75, 3.05) is 39.6 Å². The smallest absolute Gasteiger partial charge is 0.335 e. The molecule has 1 aromatic heterocycles. The fraction of sp³-hybridized carbons (Fsp3) is 0.814. The van der Waals surface area contributed by atoms with Gasteiger partial charge >= 0.3 is 5.97 Å². The molecule has 0 saturated carbocycles. The summed E-state index contributed by atoms with van der Waals surface area (Å²) >= 11 is 0. The van der Waals surface area contributed by atoms with Gasteiger partial charge in [-0.15, -0.1) is 0 Å². The monoisotopic (exact) mass is 1120 g/mol. The number of hydrogen-bond donors (Lipinski definition) is 22. The molecule has 2 aromatic rings. The van der Waals surface area contributed by atoms with Gasteiger partial charge in [0.15, 0.2) is 31.5 Å². The number of fused-ring (bicyclic) bond motifs is 1. The van der Waals surface area contributed by atoms with E-state index in [-0.39, 0.29) is 22.4 Å². The van der Waals surface area contributed by atoms with E-state index in [1.807, 2.05) is 0 Å². The molecule has 77 heavy (non-hydrogen) atoms. The molecule has 0 radical (unpaired) electrons. The maximum absolute atomic E-state index is 11.4. The standard InChI is InChI=1S/C43H66N2O32/c46-4-13(52)32(21(55)26(60)37-44-11-2-1-10(38(66)67)3-12(11)45-37)73-40-28(62)22(56)34(15(6-48)69-40)75-42-30(64)24(58)36(17(8-50)71-42)77-43-31(65)25(59)35(18(9-51)72-43)76-41-29(63)23(57)33(16(7-49)70-41)74-39-27(61)20(54)19(53)14(5-47)68-39/h1-3,13-36,39-43,46-65H,4-9H2,(H,44,45)(H,66,67)/t13?,14?,15?,16?,17?,18?,19-,20+,21-,22-,23-,24-,25-,26?,27?,28?,29?,30?,31?,32-,33-,34-,35-,36-,39-,40-,41-,42-,43-/m1/s1. The highest BCUT2D eigenvalue weighted by molar-refractivity contribution is 5.92. The zero-order valence-electron chi connectivity index (χ0n) is 40.0. The van der Waals surface area contributed by atoms with Crippen molar-refractivity contribution < 1.29 is 159 Å². The second-order valence-corrected chi connectivity index (χ2v) is 18.9. The fourth-order valence-electron chi connectivity index (χ4n) is 9.43. The minimum absolute atomic E-state index is 0.126. The Morgan fingerprint density at radius 3 is 1.25 bits per heavy atom. The molecule has 5 saturated heterocycles. The molecule has 29 atom stereocenters. The summed E-state index contributed by atoms with van der Waals surface area (Å²) in [5.74, 6) is -1.63. The van der Waals surface area contributed by atoms with Gasteiger partial charge < -0.3 is 160 Å². The first kappa shape index (κ1) is 61.6. The Hall–Kier alpha value is -3.04. The molecule has 0 amide bonds. The van der Waals surface area contributed by atoms with Crippen molar-refractivity contribution >= 4 is 17.0 Å². The number of imidazole rings is 1. The van der Waals surface area contributed by atoms with Crippen LogP contribution in [0.15, 0.2) is 18.2 Å². The predicted molar refractivity (Wildman–Crippen MR) is 236 cm³/mol. The van der Waals surface area contributed by atoms with Crippen LogP contribution in [0, 0.1) is 0 Å². The fourth-order valence-corrected chi connectivity index (χ4v) is 9.43. The van der Waals surface area contributed by atoms with Gasteiger partial charge in [0.2, 0.25) is 0 Å². The van der Waals surface area contributed by atoms with E-state index in [4.69, 9.17) is 47.4 Å². The predicted octanol–water partition coefficient (Wildman–Crippen LogP) is -12.5. The number of nitrogens with zero attached hydrogens (tertiary/aromatic N) is 1. The van der Waals surface area contributed by atoms with Gasteiger partial charge in [-0.1, -0.05) is 0 Å². The van der Waals surface area contributed by atoms with E-state index in [0.29, 0.717) is 0 Å². The molecule has 12 unspecified atom stereocenters. The summed E-state index contributed by atoms with van der Waals surface area (Å²) in [6.45, 7) is -6.10. The SMILES string of the molecule is O=C(O)c1ccc2nc(C(O)[C@@H](O)[C@H](O[C@H]3OC(CO)[C@@H](O[C@H]4OC(CO)[C@@H](O[C@H]5OC(CO)[C@@H](O[C@H]6OC(CO)[C@@H](O[C@H]7OC(CO)[C@@H](O)[C@H](O)C7O)[C@H](O)C6O)[C@H](O)C5O)[C@H](O)C4O)[C@H](O)C3O)C(O)CO)[nH]c2c1. The third-order valence-electron chi connectivity index (χ3n) is 13.8. The van der Waals surface area contributed by atoms with Crippen LogP contribution in [0.5, 0.6) is 0 Å². The van der Waals surface area contributed by atoms with Crippen LogP contribution in [0.4, 0.5) is 0 Å². The summed E-state index contributed by atoms with van der Waals surface area (Å²) < 4.78 is 55.8. The van der Waals surface area contributed by atoms with Crippen LogP contribution in [-0.2, 0) is 47.4 Å². The van der Waals surface area contributed by atoms with E-state index in [0.717, 1.165) is 0 Å². The lowest BCUT2D eigenvalue weighted by Gasteiger charge is -2.49. The van der Waals surface area contributed by atoms with Crippen LogP contribution in [0.1, 0.15) is 22.3 Å². The number of nitrogens with one attached hydrogen (secondary N) is 1. The molecule has 440 valence electrons. The Morgan fingerprint density at radius 2 is 0.870 bits per heavy atom. The molecule has 1 aromatic carbocycles. The van der Waals surface area contributed by atoms with Gasteiger partial charge in [0.05, 0.1) is 56.2 Å². The van der Waals surface area contributed by atoms with Gasteiger partial charge in [0.1, 0.15) is 152 Å². The third kappa shape index (κ3) is 12.7. The number of aromatic nitrogens is 2. The number of benzene rings is 1. The summed E-state index contributed by atoms with van der Waals surface area (Å²) in [6, 6.07) is 3.72. The molecule has 5 fully saturated rings. The van der Waals surface area contributed by atoms with Gasteiger partial charge in [-0.25, -0.2) is 9.78 Å². The van der Waals surface area contributed by atoms with Gasteiger partial charge in [-0.05, 0) is 18.2 Å². The summed E-state index contributed by atoms with van der Waals surface area (Å²) in [6.07, 6.45) is -57.2. The van der Waals surface area contributed by atoms with Crippen molar-refractivity contribution in [1.82, 2.24) is 9.97 Å². The average molecular weight is 1120 g/mol. The Bertz CT molecular complexity index is 2170. The number of carboxylic acids is 1. The number of aromatic amines is 1. The van der Waals surface area contributed by atoms with Crippen LogP contribution in [0.2, 0.25) is 0 Å². The van der Waals surface area contributed by atoms with Gasteiger partial charge in [-0.2, -0.15) is 0 Å². The molecule has 0 bridgehead atoms. The van der Waals surface area contributed by atoms with Crippen molar-refractivity contribution in [2.45, 2.75) is 178 Å². The normalized spacial score (nSPS) is 43.7. The van der Waals surface area contributed by atoms with E-state index in [1.54, 1.807) is 0 Å². The molecule has 0 aliphatic carbocycles. The Balaban J connectivity index is 0.966. The number of rotatable bonds is 21. The second-order valence-electron chi connectivity index (χ2n) is 18.9. The first-order valence-corrected chi connectivity index (χ1v) is 24.0. The Kier molecular flexibility index (Phi) is 21.0.